The van der Waals surface area contributed by atoms with Crippen LogP contribution in [-0.2, 0) is 11.2 Å². The second-order valence-electron chi connectivity index (χ2n) is 10.7. The molecule has 1 aliphatic carbocycles. The zero-order valence-electron chi connectivity index (χ0n) is 22.7. The number of nitrogens with zero attached hydrogens (tertiary/aromatic N) is 4. The monoisotopic (exact) mass is 556 g/mol. The highest BCUT2D eigenvalue weighted by Gasteiger charge is 2.53. The molecule has 1 aromatic heterocycles. The summed E-state index contributed by atoms with van der Waals surface area (Å²) in [5.41, 5.74) is -1.91. The Morgan fingerprint density at radius 2 is 1.69 bits per heavy atom. The molecule has 208 valence electrons. The van der Waals surface area contributed by atoms with Crippen molar-refractivity contribution >= 4 is 33.7 Å². The molecule has 0 radical (unpaired) electrons. The molecular weight excluding hydrogens is 523 g/mol. The molecule has 0 unspecified atom stereocenters. The number of benzene rings is 1. The van der Waals surface area contributed by atoms with E-state index in [1.807, 2.05) is 6.92 Å². The number of hydrogen-bond acceptors (Lipinski definition) is 8. The summed E-state index contributed by atoms with van der Waals surface area (Å²) in [6, 6.07) is 5.67. The Balaban J connectivity index is 1.64. The second-order valence-corrected chi connectivity index (χ2v) is 11.8. The number of rotatable bonds is 4. The molecule has 1 spiro atoms. The van der Waals surface area contributed by atoms with Crippen LogP contribution in [0, 0.1) is 22.1 Å². The summed E-state index contributed by atoms with van der Waals surface area (Å²) in [5.74, 6) is -1.65. The van der Waals surface area contributed by atoms with Crippen LogP contribution in [0.15, 0.2) is 35.3 Å². The first-order valence-corrected chi connectivity index (χ1v) is 13.3. The Bertz CT molecular complexity index is 1410. The summed E-state index contributed by atoms with van der Waals surface area (Å²) in [6.45, 7) is 1.93. The summed E-state index contributed by atoms with van der Waals surface area (Å²) < 4.78 is 14.6. The minimum atomic E-state index is -0.868. The van der Waals surface area contributed by atoms with Crippen molar-refractivity contribution in [1.82, 2.24) is 14.5 Å². The first-order valence-electron chi connectivity index (χ1n) is 12.5. The minimum absolute atomic E-state index is 0.0299. The number of aromatic hydroxyl groups is 1. The molecule has 2 aromatic rings. The van der Waals surface area contributed by atoms with E-state index in [9.17, 15) is 23.9 Å². The Hall–Kier alpha value is -3.67. The number of carbonyl (C=O) groups is 2. The molecular formula is C27H33FN6O4S. The van der Waals surface area contributed by atoms with E-state index in [4.69, 9.17) is 10.8 Å². The first kappa shape index (κ1) is 28.3. The highest BCUT2D eigenvalue weighted by atomic mass is 32.2. The van der Waals surface area contributed by atoms with Crippen molar-refractivity contribution in [2.24, 2.45) is 5.41 Å². The van der Waals surface area contributed by atoms with Gasteiger partial charge in [-0.15, -0.1) is 0 Å². The number of amides is 2. The van der Waals surface area contributed by atoms with E-state index in [1.165, 1.54) is 27.9 Å². The number of thioether (sulfide) groups is 1. The van der Waals surface area contributed by atoms with Crippen molar-refractivity contribution < 1.29 is 19.1 Å². The van der Waals surface area contributed by atoms with Crippen LogP contribution < -0.4 is 10.4 Å². The molecule has 10 nitrogen and oxygen atoms in total. The molecule has 2 heterocycles. The molecule has 0 atom stereocenters. The predicted octanol–water partition coefficient (Wildman–Crippen LogP) is 2.99. The lowest BCUT2D eigenvalue weighted by Gasteiger charge is -2.57. The van der Waals surface area contributed by atoms with Crippen LogP contribution in [0.4, 0.5) is 4.39 Å². The fraction of sp³-hybridized carbons (Fsp3) is 0.444. The number of pyridine rings is 1. The summed E-state index contributed by atoms with van der Waals surface area (Å²) in [5, 5.41) is 29.2. The highest BCUT2D eigenvalue weighted by Crippen LogP contribution is 2.46. The van der Waals surface area contributed by atoms with Gasteiger partial charge in [-0.25, -0.2) is 4.39 Å². The van der Waals surface area contributed by atoms with Crippen molar-refractivity contribution in [3.8, 4) is 5.75 Å². The van der Waals surface area contributed by atoms with Gasteiger partial charge in [-0.05, 0) is 43.4 Å². The van der Waals surface area contributed by atoms with E-state index >= 15 is 0 Å². The quantitative estimate of drug-likeness (QED) is 0.392. The topological polar surface area (TPSA) is 134 Å². The zero-order valence-corrected chi connectivity index (χ0v) is 23.5. The van der Waals surface area contributed by atoms with Gasteiger partial charge in [-0.2, -0.15) is 0 Å². The van der Waals surface area contributed by atoms with Gasteiger partial charge in [0.1, 0.15) is 16.5 Å². The summed E-state index contributed by atoms with van der Waals surface area (Å²) >= 11 is 0.753. The molecule has 3 N–H and O–H groups in total. The Kier molecular flexibility index (Phi) is 7.37. The molecule has 39 heavy (non-hydrogen) atoms. The van der Waals surface area contributed by atoms with Crippen molar-refractivity contribution in [2.75, 3.05) is 33.2 Å². The standard InChI is InChI=1S/C27H33FN6O4S/c1-26(25(38)31(2)3)10-12-27(13-11-26)32(4)24(37)20-22(36)21(35)18(15-34(20)33(27)5)23(30)39-19(29)14-16-6-8-17(28)9-7-16/h6-9,15,29-30,36H,10-14H2,1-5H3. The molecule has 2 aliphatic rings. The van der Waals surface area contributed by atoms with Crippen LogP contribution >= 0.6 is 11.8 Å². The zero-order chi connectivity index (χ0) is 28.9. The average molecular weight is 557 g/mol. The number of carbonyl (C=O) groups excluding carboxylic acids is 2. The summed E-state index contributed by atoms with van der Waals surface area (Å²) in [4.78, 5) is 42.5. The maximum Gasteiger partial charge on any atom is 0.278 e. The van der Waals surface area contributed by atoms with Gasteiger partial charge in [0.2, 0.25) is 11.3 Å². The Morgan fingerprint density at radius 3 is 2.26 bits per heavy atom. The third kappa shape index (κ3) is 4.81. The lowest BCUT2D eigenvalue weighted by molar-refractivity contribution is -0.142. The van der Waals surface area contributed by atoms with Crippen LogP contribution in [0.1, 0.15) is 54.2 Å². The maximum absolute atomic E-state index is 13.5. The van der Waals surface area contributed by atoms with Crippen LogP contribution in [0.25, 0.3) is 0 Å². The van der Waals surface area contributed by atoms with E-state index in [1.54, 1.807) is 50.2 Å². The fourth-order valence-electron chi connectivity index (χ4n) is 5.57. The molecule has 12 heteroatoms. The second kappa shape index (κ2) is 10.1. The van der Waals surface area contributed by atoms with Crippen molar-refractivity contribution in [2.45, 2.75) is 44.7 Å². The molecule has 4 rings (SSSR count). The minimum Gasteiger partial charge on any atom is -0.502 e. The van der Waals surface area contributed by atoms with Crippen molar-refractivity contribution in [1.29, 1.82) is 10.8 Å². The van der Waals surface area contributed by atoms with Crippen molar-refractivity contribution in [3.63, 3.8) is 0 Å². The molecule has 1 aliphatic heterocycles. The lowest BCUT2D eigenvalue weighted by atomic mass is 9.69. The fourth-order valence-corrected chi connectivity index (χ4v) is 6.31. The molecule has 0 bridgehead atoms. The average Bonchev–Trinajstić information content (AvgIpc) is 2.89. The third-order valence-corrected chi connectivity index (χ3v) is 8.86. The number of halogens is 1. The van der Waals surface area contributed by atoms with E-state index in [0.717, 1.165) is 11.8 Å². The summed E-state index contributed by atoms with van der Waals surface area (Å²) in [7, 11) is 6.84. The van der Waals surface area contributed by atoms with E-state index in [2.05, 4.69) is 0 Å². The molecule has 1 saturated carbocycles. The van der Waals surface area contributed by atoms with Gasteiger partial charge in [0, 0.05) is 46.2 Å². The van der Waals surface area contributed by atoms with E-state index in [-0.39, 0.29) is 33.7 Å². The largest absolute Gasteiger partial charge is 0.502 e. The SMILES string of the molecule is CN(C)C(=O)C1(C)CCC2(CC1)N(C)C(=O)c1c(O)c(=O)c(C(=N)SC(=N)Cc3ccc(F)cc3)cn1N2C. The number of nitrogens with one attached hydrogen (secondary N) is 2. The number of aromatic nitrogens is 1. The normalized spacial score (nSPS) is 22.6. The van der Waals surface area contributed by atoms with E-state index in [0.29, 0.717) is 31.2 Å². The highest BCUT2D eigenvalue weighted by molar-refractivity contribution is 8.26. The lowest BCUT2D eigenvalue weighted by Crippen LogP contribution is -2.70. The van der Waals surface area contributed by atoms with Crippen LogP contribution in [-0.4, -0.2) is 75.3 Å². The predicted molar refractivity (Wildman–Crippen MR) is 149 cm³/mol. The van der Waals surface area contributed by atoms with Gasteiger partial charge in [-0.3, -0.25) is 34.9 Å². The van der Waals surface area contributed by atoms with Gasteiger partial charge in [-0.1, -0.05) is 30.8 Å². The van der Waals surface area contributed by atoms with Gasteiger partial charge in [0.25, 0.3) is 5.91 Å². The van der Waals surface area contributed by atoms with Gasteiger partial charge >= 0.3 is 0 Å². The maximum atomic E-state index is 13.5. The van der Waals surface area contributed by atoms with Gasteiger partial charge in [0.15, 0.2) is 11.4 Å². The number of hydrogen-bond donors (Lipinski definition) is 3. The van der Waals surface area contributed by atoms with Crippen LogP contribution in [0.2, 0.25) is 0 Å². The molecule has 1 fully saturated rings. The van der Waals surface area contributed by atoms with Crippen molar-refractivity contribution in [3.05, 3.63) is 63.3 Å². The van der Waals surface area contributed by atoms with E-state index < -0.39 is 34.0 Å². The van der Waals surface area contributed by atoms with Crippen LogP contribution in [0.5, 0.6) is 5.75 Å². The first-order chi connectivity index (χ1) is 18.2. The smallest absolute Gasteiger partial charge is 0.278 e. The molecule has 0 saturated heterocycles. The Morgan fingerprint density at radius 1 is 1.10 bits per heavy atom. The van der Waals surface area contributed by atoms with Crippen LogP contribution in [0.3, 0.4) is 0 Å². The molecule has 2 amide bonds. The van der Waals surface area contributed by atoms with Gasteiger partial charge < -0.3 is 14.9 Å². The number of fused-ring (bicyclic) bond motifs is 1. The van der Waals surface area contributed by atoms with Gasteiger partial charge in [0.05, 0.1) is 10.6 Å². The molecule has 1 aromatic carbocycles. The third-order valence-electron chi connectivity index (χ3n) is 8.05. The summed E-state index contributed by atoms with van der Waals surface area (Å²) in [6.07, 6.45) is 3.54. The Labute approximate surface area is 230 Å².